The number of nitrogens with zero attached hydrogens (tertiary/aromatic N) is 6. The van der Waals surface area contributed by atoms with Crippen LogP contribution in [-0.2, 0) is 33.8 Å². The first-order valence-corrected chi connectivity index (χ1v) is 40.2. The molecule has 0 aliphatic rings. The minimum absolute atomic E-state index is 0.0365. The Morgan fingerprint density at radius 3 is 1.00 bits per heavy atom. The zero-order valence-corrected chi connectivity index (χ0v) is 59.3. The fourth-order valence-electron chi connectivity index (χ4n) is 11.5. The molecule has 2 N–H and O–H groups in total. The van der Waals surface area contributed by atoms with Gasteiger partial charge in [-0.3, -0.25) is 9.04 Å². The van der Waals surface area contributed by atoms with Crippen molar-refractivity contribution >= 4 is 33.5 Å². The summed E-state index contributed by atoms with van der Waals surface area (Å²) in [4.78, 5) is 6.20. The van der Waals surface area contributed by atoms with Crippen LogP contribution in [0, 0.1) is 0 Å². The average Bonchev–Trinajstić information content (AvgIpc) is 3.83. The van der Waals surface area contributed by atoms with Crippen molar-refractivity contribution in [2.45, 2.75) is 292 Å². The Hall–Kier alpha value is -1.15. The molecule has 0 fully saturated rings. The molecule has 0 spiro atoms. The molecule has 0 saturated carbocycles. The van der Waals surface area contributed by atoms with Crippen molar-refractivity contribution in [3.8, 4) is 0 Å². The van der Waals surface area contributed by atoms with Crippen LogP contribution < -0.4 is 4.57 Å². The van der Waals surface area contributed by atoms with Crippen molar-refractivity contribution in [1.82, 2.24) is 9.47 Å². The first kappa shape index (κ1) is 84.1. The van der Waals surface area contributed by atoms with Gasteiger partial charge in [0.1, 0.15) is 12.4 Å². The predicted octanol–water partition coefficient (Wildman–Crippen LogP) is 17.4. The third kappa shape index (κ3) is 59.0. The summed E-state index contributed by atoms with van der Waals surface area (Å²) in [7, 11) is 7.46. The van der Waals surface area contributed by atoms with Crippen molar-refractivity contribution in [2.24, 2.45) is 12.0 Å². The van der Waals surface area contributed by atoms with Crippen LogP contribution in [0.1, 0.15) is 286 Å². The Kier molecular flexibility index (Phi) is 57.5. The molecule has 1 aromatic heterocycles. The van der Waals surface area contributed by atoms with Crippen LogP contribution in [-0.4, -0.2) is 155 Å². The summed E-state index contributed by atoms with van der Waals surface area (Å²) in [5.74, 6) is 0.847. The number of aryl methyl sites for hydroxylation is 2. The van der Waals surface area contributed by atoms with E-state index < -0.39 is 27.5 Å². The number of rotatable bonds is 50. The molecule has 0 aliphatic carbocycles. The van der Waals surface area contributed by atoms with Crippen LogP contribution in [0.15, 0.2) is 23.7 Å². The molecule has 12 nitrogen and oxygen atoms in total. The van der Waals surface area contributed by atoms with Crippen molar-refractivity contribution < 1.29 is 39.5 Å². The van der Waals surface area contributed by atoms with Crippen molar-refractivity contribution in [3.63, 3.8) is 0 Å². The van der Waals surface area contributed by atoms with Gasteiger partial charge in [0.25, 0.3) is 16.1 Å². The van der Waals surface area contributed by atoms with E-state index in [0.717, 1.165) is 16.6 Å². The second-order valence-electron chi connectivity index (χ2n) is 25.9. The summed E-state index contributed by atoms with van der Waals surface area (Å²) in [6.07, 6.45) is 62.0. The van der Waals surface area contributed by atoms with E-state index in [0.29, 0.717) is 19.4 Å². The van der Waals surface area contributed by atoms with Gasteiger partial charge in [0.15, 0.2) is 0 Å². The van der Waals surface area contributed by atoms with E-state index in [2.05, 4.69) is 74.7 Å². The molecule has 0 radical (unpaired) electrons. The van der Waals surface area contributed by atoms with Crippen molar-refractivity contribution in [2.75, 3.05) is 105 Å². The van der Waals surface area contributed by atoms with Gasteiger partial charge in [-0.2, -0.15) is 8.42 Å². The normalized spacial score (nSPS) is 12.6. The summed E-state index contributed by atoms with van der Waals surface area (Å²) in [5, 5.41) is 0. The smallest absolute Gasteiger partial charge is 0.298 e. The molecule has 1 heterocycles. The summed E-state index contributed by atoms with van der Waals surface area (Å²) >= 11 is 0. The Labute approximate surface area is 507 Å². The Morgan fingerprint density at radius 2 is 0.753 bits per heavy atom. The minimum Gasteiger partial charge on any atom is -0.317 e. The molecule has 0 bridgehead atoms. The zero-order valence-electron chi connectivity index (χ0n) is 56.7. The second kappa shape index (κ2) is 55.4. The van der Waals surface area contributed by atoms with Gasteiger partial charge in [0, 0.05) is 27.6 Å². The van der Waals surface area contributed by atoms with E-state index in [1.807, 2.05) is 60.9 Å². The van der Waals surface area contributed by atoms with Gasteiger partial charge < -0.3 is 9.38 Å². The molecule has 488 valence electrons. The van der Waals surface area contributed by atoms with Crippen LogP contribution in [0.3, 0.4) is 0 Å². The number of aromatic nitrogens is 2. The SMILES string of the molecule is CCCCCCCC[N+](C)(CCCCCCCC)CCCCCCCC.CCCCCCCC[PH](CCCCCCCC)(CCCCCCCC)CCCS(=O)(=O)O.CN=C(N(C)C)[N+](C)(C)C.C[n+]1ccn(CCCS(=O)(=O)O)c1. The van der Waals surface area contributed by atoms with Gasteiger partial charge in [0.05, 0.1) is 67.2 Å². The number of quaternary nitrogens is 2. The molecule has 1 rings (SSSR count). The quantitative estimate of drug-likeness (QED) is 0.0126. The molecule has 81 heavy (non-hydrogen) atoms. The van der Waals surface area contributed by atoms with Crippen molar-refractivity contribution in [1.29, 1.82) is 0 Å². The summed E-state index contributed by atoms with van der Waals surface area (Å²) in [5.41, 5.74) is 0. The van der Waals surface area contributed by atoms with Gasteiger partial charge in [0.2, 0.25) is 6.33 Å². The summed E-state index contributed by atoms with van der Waals surface area (Å²) < 4.78 is 67.1. The van der Waals surface area contributed by atoms with Crippen LogP contribution in [0.4, 0.5) is 0 Å². The van der Waals surface area contributed by atoms with E-state index in [1.54, 1.807) is 0 Å². The molecule has 0 unspecified atom stereocenters. The predicted molar refractivity (Wildman–Crippen MR) is 362 cm³/mol. The maximum atomic E-state index is 11.4. The van der Waals surface area contributed by atoms with Crippen LogP contribution in [0.5, 0.6) is 0 Å². The van der Waals surface area contributed by atoms with Gasteiger partial charge >= 0.3 is 204 Å². The molecule has 0 aromatic carbocycles. The number of unbranched alkanes of at least 4 members (excludes halogenated alkanes) is 30. The number of aliphatic imine (C=N–C) groups is 1. The fourth-order valence-corrected chi connectivity index (χ4v) is 18.2. The molecule has 1 aromatic rings. The van der Waals surface area contributed by atoms with Crippen LogP contribution >= 0.6 is 7.26 Å². The summed E-state index contributed by atoms with van der Waals surface area (Å²) in [6.45, 7) is 18.6. The van der Waals surface area contributed by atoms with E-state index in [9.17, 15) is 21.4 Å². The number of hydrogen-bond donors (Lipinski definition) is 2. The third-order valence-corrected chi connectivity index (χ3v) is 23.6. The first-order chi connectivity index (χ1) is 38.4. The minimum atomic E-state index is -3.83. The van der Waals surface area contributed by atoms with Crippen LogP contribution in [0.25, 0.3) is 0 Å². The topological polar surface area (TPSA) is 133 Å². The molecule has 15 heteroatoms. The number of guanidine groups is 1. The average molecular weight is 1210 g/mol. The Balaban J connectivity index is -0.00000110. The maximum absolute atomic E-state index is 11.4. The molecule has 0 saturated heterocycles. The van der Waals surface area contributed by atoms with Gasteiger partial charge in [-0.05, 0) is 38.5 Å². The van der Waals surface area contributed by atoms with E-state index >= 15 is 0 Å². The monoisotopic (exact) mass is 1210 g/mol. The molecule has 0 aliphatic heterocycles. The number of hydrogen-bond acceptors (Lipinski definition) is 5. The van der Waals surface area contributed by atoms with Crippen molar-refractivity contribution in [3.05, 3.63) is 18.7 Å². The zero-order chi connectivity index (χ0) is 61.6. The molecular formula is C66H144N6O6PS2+3. The standard InChI is InChI=1S/C27H59O3PS.C25H54N.C7H18N3.C7H12N2O3S/c1-4-7-10-13-16-19-23-31(26-22-27-32(28,29)30,24-20-17-14-11-8-5-2)25-21-18-15-12-9-6-3;1-5-8-11-14-17-20-23-26(4,24-21-18-15-12-9-6-2)25-22-19-16-13-10-7-3;1-8-7(9(2)3)10(4,5)6;1-8-4-5-9(7-8)3-2-6-13(10,11)12/h31H,4-27H2,1-3H3,(H,28,29,30);5-25H2,1-4H3;1-6H3;4-5,7H,2-3,6H2,1H3/q;2*+1;/p+1. The third-order valence-electron chi connectivity index (χ3n) is 16.3. The molecule has 0 atom stereocenters. The molecular weight excluding hydrogens is 1070 g/mol. The van der Waals surface area contributed by atoms with E-state index in [1.165, 1.54) is 274 Å². The Bertz CT molecular complexity index is 1670. The molecule has 0 amide bonds. The van der Waals surface area contributed by atoms with Gasteiger partial charge in [-0.15, -0.1) is 0 Å². The van der Waals surface area contributed by atoms with E-state index in [4.69, 9.17) is 4.55 Å². The first-order valence-electron chi connectivity index (χ1n) is 34.1. The van der Waals surface area contributed by atoms with Crippen LogP contribution in [0.2, 0.25) is 0 Å². The van der Waals surface area contributed by atoms with Gasteiger partial charge in [-0.1, -0.05) is 97.8 Å². The fraction of sp³-hybridized carbons (Fsp3) is 0.939. The summed E-state index contributed by atoms with van der Waals surface area (Å²) in [6, 6.07) is 0. The Morgan fingerprint density at radius 1 is 0.469 bits per heavy atom. The second-order valence-corrected chi connectivity index (χ2v) is 34.1. The number of imidazole rings is 1. The maximum Gasteiger partial charge on any atom is 0.298 e. The largest absolute Gasteiger partial charge is 0.317 e. The van der Waals surface area contributed by atoms with Gasteiger partial charge in [-0.25, -0.2) is 14.1 Å². The van der Waals surface area contributed by atoms with E-state index in [-0.39, 0.29) is 11.5 Å².